The summed E-state index contributed by atoms with van der Waals surface area (Å²) in [5.74, 6) is 0.0231. The molecule has 1 aromatic carbocycles. The third kappa shape index (κ3) is 6.19. The third-order valence-electron chi connectivity index (χ3n) is 4.45. The summed E-state index contributed by atoms with van der Waals surface area (Å²) in [6.07, 6.45) is 6.08. The fraction of sp³-hybridized carbons (Fsp3) is 0.333. The van der Waals surface area contributed by atoms with Gasteiger partial charge in [-0.05, 0) is 49.1 Å². The Morgan fingerprint density at radius 2 is 1.82 bits per heavy atom. The van der Waals surface area contributed by atoms with E-state index in [1.807, 2.05) is 18.2 Å². The number of hydrogen-bond acceptors (Lipinski definition) is 4. The van der Waals surface area contributed by atoms with Gasteiger partial charge in [0.15, 0.2) is 0 Å². The van der Waals surface area contributed by atoms with Gasteiger partial charge < -0.3 is 16.0 Å². The normalized spacial score (nSPS) is 12.9. The maximum atomic E-state index is 12.2. The van der Waals surface area contributed by atoms with E-state index < -0.39 is 0 Å². The summed E-state index contributed by atoms with van der Waals surface area (Å²) in [6.45, 7) is 0.908. The second-order valence-corrected chi connectivity index (χ2v) is 6.84. The standard InChI is InChI=1S/C21H24N4O3/c26-19(5-2-10-23-20(27)16-6-7-16)24-14-15-3-1-4-18(13-15)25-21(28)17-8-11-22-12-9-17/h1,3-4,8-9,11-13,16H,2,5-7,10,14H2,(H,23,27)(H,24,26)(H,25,28). The number of aromatic nitrogens is 1. The number of amides is 3. The first-order valence-corrected chi connectivity index (χ1v) is 9.46. The Morgan fingerprint density at radius 3 is 2.57 bits per heavy atom. The number of nitrogens with zero attached hydrogens (tertiary/aromatic N) is 1. The van der Waals surface area contributed by atoms with Crippen molar-refractivity contribution in [2.45, 2.75) is 32.2 Å². The molecular weight excluding hydrogens is 356 g/mol. The van der Waals surface area contributed by atoms with E-state index in [-0.39, 0.29) is 23.6 Å². The zero-order valence-corrected chi connectivity index (χ0v) is 15.6. The van der Waals surface area contributed by atoms with Crippen LogP contribution in [0.5, 0.6) is 0 Å². The minimum absolute atomic E-state index is 0.0631. The molecule has 2 aromatic rings. The summed E-state index contributed by atoms with van der Waals surface area (Å²) >= 11 is 0. The molecule has 1 saturated carbocycles. The fourth-order valence-electron chi connectivity index (χ4n) is 2.71. The minimum atomic E-state index is -0.211. The predicted molar refractivity (Wildman–Crippen MR) is 105 cm³/mol. The summed E-state index contributed by atoms with van der Waals surface area (Å²) in [5, 5.41) is 8.54. The Balaban J connectivity index is 1.39. The molecule has 0 atom stereocenters. The van der Waals surface area contributed by atoms with Crippen LogP contribution in [0.4, 0.5) is 5.69 Å². The van der Waals surface area contributed by atoms with Gasteiger partial charge in [0.25, 0.3) is 5.91 Å². The van der Waals surface area contributed by atoms with Crippen molar-refractivity contribution < 1.29 is 14.4 Å². The lowest BCUT2D eigenvalue weighted by Gasteiger charge is -2.09. The molecule has 0 spiro atoms. The molecule has 1 aliphatic carbocycles. The first-order valence-electron chi connectivity index (χ1n) is 9.46. The van der Waals surface area contributed by atoms with Crippen LogP contribution in [-0.2, 0) is 16.1 Å². The quantitative estimate of drug-likeness (QED) is 0.581. The Kier molecular flexibility index (Phi) is 6.73. The van der Waals surface area contributed by atoms with E-state index >= 15 is 0 Å². The van der Waals surface area contributed by atoms with Crippen molar-refractivity contribution in [2.24, 2.45) is 5.92 Å². The molecule has 3 N–H and O–H groups in total. The van der Waals surface area contributed by atoms with Crippen molar-refractivity contribution in [1.29, 1.82) is 0 Å². The molecule has 7 heteroatoms. The molecule has 1 fully saturated rings. The Hall–Kier alpha value is -3.22. The fourth-order valence-corrected chi connectivity index (χ4v) is 2.71. The zero-order chi connectivity index (χ0) is 19.8. The van der Waals surface area contributed by atoms with Crippen LogP contribution in [0.1, 0.15) is 41.6 Å². The van der Waals surface area contributed by atoms with Crippen molar-refractivity contribution in [2.75, 3.05) is 11.9 Å². The van der Waals surface area contributed by atoms with Gasteiger partial charge in [-0.15, -0.1) is 0 Å². The lowest BCUT2D eigenvalue weighted by molar-refractivity contribution is -0.123. The van der Waals surface area contributed by atoms with Crippen LogP contribution < -0.4 is 16.0 Å². The van der Waals surface area contributed by atoms with E-state index in [1.54, 1.807) is 30.6 Å². The molecular formula is C21H24N4O3. The molecule has 3 rings (SSSR count). The number of pyridine rings is 1. The monoisotopic (exact) mass is 380 g/mol. The summed E-state index contributed by atoms with van der Waals surface area (Å²) in [7, 11) is 0. The van der Waals surface area contributed by atoms with Crippen molar-refractivity contribution in [3.05, 3.63) is 59.9 Å². The van der Waals surface area contributed by atoms with Gasteiger partial charge in [-0.1, -0.05) is 12.1 Å². The number of nitrogens with one attached hydrogen (secondary N) is 3. The van der Waals surface area contributed by atoms with Crippen LogP contribution >= 0.6 is 0 Å². The lowest BCUT2D eigenvalue weighted by atomic mass is 10.2. The Labute approximate surface area is 163 Å². The van der Waals surface area contributed by atoms with E-state index in [1.165, 1.54) is 0 Å². The molecule has 1 heterocycles. The molecule has 28 heavy (non-hydrogen) atoms. The molecule has 1 aromatic heterocycles. The number of carbonyl (C=O) groups excluding carboxylic acids is 3. The van der Waals surface area contributed by atoms with E-state index in [9.17, 15) is 14.4 Å². The highest BCUT2D eigenvalue weighted by Crippen LogP contribution is 2.28. The molecule has 0 unspecified atom stereocenters. The average Bonchev–Trinajstić information content (AvgIpc) is 3.56. The maximum absolute atomic E-state index is 12.2. The van der Waals surface area contributed by atoms with Gasteiger partial charge in [-0.25, -0.2) is 0 Å². The number of rotatable bonds is 9. The largest absolute Gasteiger partial charge is 0.356 e. The van der Waals surface area contributed by atoms with E-state index in [4.69, 9.17) is 0 Å². The lowest BCUT2D eigenvalue weighted by Crippen LogP contribution is -2.28. The van der Waals surface area contributed by atoms with Gasteiger partial charge >= 0.3 is 0 Å². The van der Waals surface area contributed by atoms with Gasteiger partial charge in [0.1, 0.15) is 0 Å². The molecule has 0 saturated heterocycles. The first kappa shape index (κ1) is 19.5. The number of hydrogen-bond donors (Lipinski definition) is 3. The van der Waals surface area contributed by atoms with Crippen LogP contribution in [0, 0.1) is 5.92 Å². The molecule has 146 valence electrons. The SMILES string of the molecule is O=C(CCCNC(=O)C1CC1)NCc1cccc(NC(=O)c2ccncc2)c1. The molecule has 0 bridgehead atoms. The topological polar surface area (TPSA) is 100 Å². The van der Waals surface area contributed by atoms with Crippen molar-refractivity contribution >= 4 is 23.4 Å². The van der Waals surface area contributed by atoms with E-state index in [2.05, 4.69) is 20.9 Å². The molecule has 0 aliphatic heterocycles. The average molecular weight is 380 g/mol. The first-order chi connectivity index (χ1) is 13.6. The second kappa shape index (κ2) is 9.64. The van der Waals surface area contributed by atoms with Crippen LogP contribution in [0.15, 0.2) is 48.8 Å². The Morgan fingerprint density at radius 1 is 1.04 bits per heavy atom. The highest BCUT2D eigenvalue weighted by molar-refractivity contribution is 6.04. The maximum Gasteiger partial charge on any atom is 0.255 e. The Bertz CT molecular complexity index is 835. The second-order valence-electron chi connectivity index (χ2n) is 6.84. The smallest absolute Gasteiger partial charge is 0.255 e. The molecule has 3 amide bonds. The van der Waals surface area contributed by atoms with E-state index in [0.29, 0.717) is 37.2 Å². The van der Waals surface area contributed by atoms with Crippen LogP contribution in [0.25, 0.3) is 0 Å². The highest BCUT2D eigenvalue weighted by atomic mass is 16.2. The molecule has 0 radical (unpaired) electrons. The van der Waals surface area contributed by atoms with E-state index in [0.717, 1.165) is 18.4 Å². The number of carbonyl (C=O) groups is 3. The molecule has 7 nitrogen and oxygen atoms in total. The zero-order valence-electron chi connectivity index (χ0n) is 15.6. The van der Waals surface area contributed by atoms with Gasteiger partial charge in [0, 0.05) is 49.1 Å². The van der Waals surface area contributed by atoms with Gasteiger partial charge in [-0.2, -0.15) is 0 Å². The van der Waals surface area contributed by atoms with Gasteiger partial charge in [-0.3, -0.25) is 19.4 Å². The number of benzene rings is 1. The van der Waals surface area contributed by atoms with Crippen LogP contribution in [0.2, 0.25) is 0 Å². The van der Waals surface area contributed by atoms with Crippen LogP contribution in [0.3, 0.4) is 0 Å². The van der Waals surface area contributed by atoms with Crippen molar-refractivity contribution in [1.82, 2.24) is 15.6 Å². The highest BCUT2D eigenvalue weighted by Gasteiger charge is 2.28. The van der Waals surface area contributed by atoms with Crippen LogP contribution in [-0.4, -0.2) is 29.3 Å². The van der Waals surface area contributed by atoms with Crippen molar-refractivity contribution in [3.8, 4) is 0 Å². The summed E-state index contributed by atoms with van der Waals surface area (Å²) in [4.78, 5) is 39.6. The van der Waals surface area contributed by atoms with Gasteiger partial charge in [0.2, 0.25) is 11.8 Å². The molecule has 1 aliphatic rings. The summed E-state index contributed by atoms with van der Waals surface area (Å²) in [6, 6.07) is 10.6. The summed E-state index contributed by atoms with van der Waals surface area (Å²) in [5.41, 5.74) is 2.08. The van der Waals surface area contributed by atoms with Crippen molar-refractivity contribution in [3.63, 3.8) is 0 Å². The van der Waals surface area contributed by atoms with Gasteiger partial charge in [0.05, 0.1) is 0 Å². The predicted octanol–water partition coefficient (Wildman–Crippen LogP) is 2.26. The summed E-state index contributed by atoms with van der Waals surface area (Å²) < 4.78 is 0. The third-order valence-corrected chi connectivity index (χ3v) is 4.45. The number of anilines is 1. The minimum Gasteiger partial charge on any atom is -0.356 e.